The maximum Gasteiger partial charge on any atom is 0.356 e. The number of halogens is 1. The molecule has 0 aliphatic carbocycles. The second-order valence-electron chi connectivity index (χ2n) is 10.5. The molecular formula is C34H28BrN5O4S3. The van der Waals surface area contributed by atoms with Crippen LogP contribution in [0.15, 0.2) is 115 Å². The molecule has 3 aromatic heterocycles. The van der Waals surface area contributed by atoms with Gasteiger partial charge in [-0.25, -0.2) is 9.78 Å². The molecule has 13 heteroatoms. The summed E-state index contributed by atoms with van der Waals surface area (Å²) in [5.41, 5.74) is 3.22. The number of thioether (sulfide) groups is 1. The van der Waals surface area contributed by atoms with Crippen molar-refractivity contribution in [3.8, 4) is 0 Å². The lowest BCUT2D eigenvalue weighted by Crippen LogP contribution is -2.70. The number of β-lactam (4-membered cyclic amide) rings is 1. The minimum atomic E-state index is -0.745. The zero-order chi connectivity index (χ0) is 31.5. The van der Waals surface area contributed by atoms with Gasteiger partial charge in [0.25, 0.3) is 5.91 Å². The highest BCUT2D eigenvalue weighted by atomic mass is 79.9. The van der Waals surface area contributed by atoms with Crippen LogP contribution in [0.5, 0.6) is 0 Å². The largest absolute Gasteiger partial charge is 0.448 e. The number of amides is 2. The van der Waals surface area contributed by atoms with Crippen molar-refractivity contribution in [2.75, 3.05) is 11.1 Å². The molecule has 1 fully saturated rings. The minimum absolute atomic E-state index is 0. The summed E-state index contributed by atoms with van der Waals surface area (Å²) in [5, 5.41) is 8.23. The topological polar surface area (TPSA) is 114 Å². The summed E-state index contributed by atoms with van der Waals surface area (Å²) in [6, 6.07) is 25.8. The molecule has 0 spiro atoms. The summed E-state index contributed by atoms with van der Waals surface area (Å²) in [7, 11) is 0. The van der Waals surface area contributed by atoms with E-state index in [2.05, 4.69) is 20.6 Å². The molecule has 2 amide bonds. The van der Waals surface area contributed by atoms with Crippen molar-refractivity contribution in [3.63, 3.8) is 0 Å². The molecule has 2 aliphatic heterocycles. The van der Waals surface area contributed by atoms with Crippen molar-refractivity contribution in [2.24, 2.45) is 0 Å². The number of pyridine rings is 1. The van der Waals surface area contributed by atoms with Gasteiger partial charge in [-0.15, -0.1) is 40.1 Å². The first-order valence-electron chi connectivity index (χ1n) is 14.5. The molecule has 2 aromatic carbocycles. The van der Waals surface area contributed by atoms with Gasteiger partial charge >= 0.3 is 5.97 Å². The van der Waals surface area contributed by atoms with Crippen LogP contribution in [0.25, 0.3) is 5.57 Å². The molecule has 9 nitrogen and oxygen atoms in total. The van der Waals surface area contributed by atoms with E-state index in [9.17, 15) is 14.4 Å². The molecular weight excluding hydrogens is 719 g/mol. The van der Waals surface area contributed by atoms with Crippen molar-refractivity contribution in [3.05, 3.63) is 135 Å². The third-order valence-corrected chi connectivity index (χ3v) is 10.7. The van der Waals surface area contributed by atoms with E-state index in [1.54, 1.807) is 18.6 Å². The van der Waals surface area contributed by atoms with E-state index in [0.29, 0.717) is 16.5 Å². The Hall–Kier alpha value is -4.30. The Morgan fingerprint density at radius 1 is 0.957 bits per heavy atom. The van der Waals surface area contributed by atoms with E-state index < -0.39 is 23.5 Å². The van der Waals surface area contributed by atoms with Gasteiger partial charge in [-0.3, -0.25) is 19.5 Å². The quantitative estimate of drug-likeness (QED) is 0.121. The molecule has 5 aromatic rings. The number of thiophene rings is 1. The Morgan fingerprint density at radius 2 is 1.70 bits per heavy atom. The molecule has 47 heavy (non-hydrogen) atoms. The summed E-state index contributed by atoms with van der Waals surface area (Å²) in [5.74, 6) is -0.784. The van der Waals surface area contributed by atoms with E-state index in [1.807, 2.05) is 90.3 Å². The molecule has 0 saturated carbocycles. The second-order valence-corrected chi connectivity index (χ2v) is 13.7. The molecule has 2 unspecified atom stereocenters. The standard InChI is InChI=1S/C34H27N5O4S3.BrH/c40-27(17-24-14-8-16-44-24)38-28-31(41)39-29(33(42)43-30(21-9-3-1-4-10-21)22-11-5-2-6-12-22)25(20-45-32(28)39)26-19-36-34(46-26)37-23-13-7-15-35-18-23;/h1-16,18-19,28,30,32H,17,20H2,(H,36,37)(H,38,40);1H. The first-order valence-corrected chi connectivity index (χ1v) is 17.2. The number of fused-ring (bicyclic) bond motifs is 1. The van der Waals surface area contributed by atoms with Crippen molar-refractivity contribution < 1.29 is 19.1 Å². The Kier molecular flexibility index (Phi) is 10.2. The lowest BCUT2D eigenvalue weighted by molar-refractivity contribution is -0.154. The van der Waals surface area contributed by atoms with Crippen LogP contribution in [0.1, 0.15) is 27.0 Å². The third-order valence-electron chi connectivity index (χ3n) is 7.54. The fourth-order valence-corrected chi connectivity index (χ4v) is 8.41. The number of nitrogens with zero attached hydrogens (tertiary/aromatic N) is 3. The summed E-state index contributed by atoms with van der Waals surface area (Å²) in [6.45, 7) is 0. The number of rotatable bonds is 10. The van der Waals surface area contributed by atoms with Crippen molar-refractivity contribution in [1.82, 2.24) is 20.2 Å². The van der Waals surface area contributed by atoms with Crippen LogP contribution in [0.4, 0.5) is 10.8 Å². The highest BCUT2D eigenvalue weighted by Gasteiger charge is 2.55. The van der Waals surface area contributed by atoms with Gasteiger partial charge < -0.3 is 15.4 Å². The van der Waals surface area contributed by atoms with E-state index in [4.69, 9.17) is 4.74 Å². The van der Waals surface area contributed by atoms with Crippen LogP contribution in [0.2, 0.25) is 0 Å². The molecule has 7 rings (SSSR count). The zero-order valence-corrected chi connectivity index (χ0v) is 28.8. The maximum absolute atomic E-state index is 14.3. The van der Waals surface area contributed by atoms with Crippen molar-refractivity contribution in [2.45, 2.75) is 23.9 Å². The van der Waals surface area contributed by atoms with E-state index >= 15 is 0 Å². The number of carbonyl (C=O) groups excluding carboxylic acids is 3. The van der Waals surface area contributed by atoms with Gasteiger partial charge in [0, 0.05) is 28.6 Å². The SMILES string of the molecule is Br.O=C(Cc1cccs1)NC1C(=O)N2C(C(=O)OC(c3ccccc3)c3ccccc3)=C(c3cnc(Nc4cccnc4)s3)CSC12. The predicted octanol–water partition coefficient (Wildman–Crippen LogP) is 6.61. The Balaban J connectivity index is 0.00000386. The summed E-state index contributed by atoms with van der Waals surface area (Å²) in [6.07, 6.45) is 4.58. The molecule has 1 saturated heterocycles. The number of benzene rings is 2. The van der Waals surface area contributed by atoms with Gasteiger partial charge in [-0.05, 0) is 34.7 Å². The third kappa shape index (κ3) is 7.03. The van der Waals surface area contributed by atoms with Gasteiger partial charge in [0.15, 0.2) is 11.2 Å². The second kappa shape index (κ2) is 14.6. The molecule has 2 N–H and O–H groups in total. The molecule has 238 valence electrons. The van der Waals surface area contributed by atoms with Gasteiger partial charge in [-0.1, -0.05) is 78.1 Å². The normalized spacial score (nSPS) is 17.0. The van der Waals surface area contributed by atoms with Crippen molar-refractivity contribution >= 4 is 85.6 Å². The van der Waals surface area contributed by atoms with Crippen LogP contribution in [0.3, 0.4) is 0 Å². The number of hydrogen-bond donors (Lipinski definition) is 2. The van der Waals surface area contributed by atoms with Gasteiger partial charge in [0.1, 0.15) is 17.1 Å². The fraction of sp³-hybridized carbons (Fsp3) is 0.147. The Labute approximate surface area is 293 Å². The maximum atomic E-state index is 14.3. The highest BCUT2D eigenvalue weighted by molar-refractivity contribution is 8.93. The highest BCUT2D eigenvalue weighted by Crippen LogP contribution is 2.45. The first-order chi connectivity index (χ1) is 22.5. The number of carbonyl (C=O) groups is 3. The summed E-state index contributed by atoms with van der Waals surface area (Å²) >= 11 is 4.36. The van der Waals surface area contributed by atoms with E-state index in [0.717, 1.165) is 26.6 Å². The lowest BCUT2D eigenvalue weighted by Gasteiger charge is -2.49. The summed E-state index contributed by atoms with van der Waals surface area (Å²) < 4.78 is 6.28. The monoisotopic (exact) mass is 745 g/mol. The molecule has 0 bridgehead atoms. The Morgan fingerprint density at radius 3 is 2.36 bits per heavy atom. The number of esters is 1. The molecule has 0 radical (unpaired) electrons. The van der Waals surface area contributed by atoms with Gasteiger partial charge in [0.05, 0.1) is 23.2 Å². The van der Waals surface area contributed by atoms with E-state index in [1.165, 1.54) is 39.3 Å². The first kappa shape index (κ1) is 32.6. The van der Waals surface area contributed by atoms with Crippen LogP contribution >= 0.6 is 51.4 Å². The Bertz CT molecular complexity index is 1850. The van der Waals surface area contributed by atoms with Crippen LogP contribution in [-0.4, -0.2) is 49.8 Å². The number of ether oxygens (including phenoxy) is 1. The number of thiazole rings is 1. The van der Waals surface area contributed by atoms with Crippen LogP contribution < -0.4 is 10.6 Å². The summed E-state index contributed by atoms with van der Waals surface area (Å²) in [4.78, 5) is 52.7. The molecule has 2 aliphatic rings. The minimum Gasteiger partial charge on any atom is -0.448 e. The number of anilines is 2. The van der Waals surface area contributed by atoms with Gasteiger partial charge in [0.2, 0.25) is 5.91 Å². The van der Waals surface area contributed by atoms with Crippen molar-refractivity contribution in [1.29, 1.82) is 0 Å². The zero-order valence-electron chi connectivity index (χ0n) is 24.6. The fourth-order valence-electron chi connectivity index (χ4n) is 5.37. The lowest BCUT2D eigenvalue weighted by atomic mass is 10.0. The average Bonchev–Trinajstić information content (AvgIpc) is 3.79. The average molecular weight is 747 g/mol. The van der Waals surface area contributed by atoms with Crippen LogP contribution in [0, 0.1) is 0 Å². The van der Waals surface area contributed by atoms with Crippen LogP contribution in [-0.2, 0) is 25.5 Å². The number of hydrogen-bond acceptors (Lipinski definition) is 10. The van der Waals surface area contributed by atoms with Gasteiger partial charge in [-0.2, -0.15) is 0 Å². The van der Waals surface area contributed by atoms with E-state index in [-0.39, 0.29) is 40.9 Å². The number of nitrogens with one attached hydrogen (secondary N) is 2. The smallest absolute Gasteiger partial charge is 0.356 e. The molecule has 2 atom stereocenters. The number of aromatic nitrogens is 2. The predicted molar refractivity (Wildman–Crippen MR) is 191 cm³/mol. The molecule has 5 heterocycles.